The highest BCUT2D eigenvalue weighted by atomic mass is 35.5. The first-order chi connectivity index (χ1) is 9.11. The Labute approximate surface area is 117 Å². The Morgan fingerprint density at radius 2 is 1.95 bits per heavy atom. The quantitative estimate of drug-likeness (QED) is 0.930. The second kappa shape index (κ2) is 6.13. The maximum atomic E-state index is 12.4. The standard InChI is InChI=1S/C12H11ClF3NO3/c1-7-8(3-2-4-9(7)13)11(20)17(5-10(18)19)6-12(14,15)16/h2-4H,5-6H2,1H3,(H,18,19). The SMILES string of the molecule is Cc1c(Cl)cccc1C(=O)N(CC(=O)O)CC(F)(F)F. The molecule has 0 atom stereocenters. The number of halogens is 4. The lowest BCUT2D eigenvalue weighted by atomic mass is 10.1. The van der Waals surface area contributed by atoms with Crippen LogP contribution in [0.4, 0.5) is 13.2 Å². The molecule has 1 rings (SSSR count). The first kappa shape index (κ1) is 16.3. The summed E-state index contributed by atoms with van der Waals surface area (Å²) >= 11 is 5.79. The number of carbonyl (C=O) groups is 2. The van der Waals surface area contributed by atoms with Crippen LogP contribution in [-0.4, -0.2) is 41.1 Å². The van der Waals surface area contributed by atoms with Gasteiger partial charge in [0.1, 0.15) is 13.1 Å². The molecule has 20 heavy (non-hydrogen) atoms. The molecule has 1 aromatic carbocycles. The van der Waals surface area contributed by atoms with Crippen molar-refractivity contribution in [2.45, 2.75) is 13.1 Å². The predicted octanol–water partition coefficient (Wildman–Crippen LogP) is 2.74. The Balaban J connectivity index is 3.10. The number of aliphatic carboxylic acids is 1. The number of rotatable bonds is 4. The number of hydrogen-bond acceptors (Lipinski definition) is 2. The Morgan fingerprint density at radius 3 is 2.45 bits per heavy atom. The highest BCUT2D eigenvalue weighted by Crippen LogP contribution is 2.22. The third-order valence-electron chi connectivity index (χ3n) is 2.48. The number of alkyl halides is 3. The summed E-state index contributed by atoms with van der Waals surface area (Å²) in [5.74, 6) is -2.55. The molecule has 8 heteroatoms. The van der Waals surface area contributed by atoms with Gasteiger partial charge in [-0.05, 0) is 24.6 Å². The van der Waals surface area contributed by atoms with Crippen molar-refractivity contribution in [3.05, 3.63) is 34.3 Å². The molecule has 0 radical (unpaired) electrons. The summed E-state index contributed by atoms with van der Waals surface area (Å²) in [6.45, 7) is -1.20. The zero-order valence-corrected chi connectivity index (χ0v) is 11.1. The molecule has 4 nitrogen and oxygen atoms in total. The largest absolute Gasteiger partial charge is 0.480 e. The fourth-order valence-corrected chi connectivity index (χ4v) is 1.76. The lowest BCUT2D eigenvalue weighted by molar-refractivity contribution is -0.149. The topological polar surface area (TPSA) is 57.6 Å². The number of carbonyl (C=O) groups excluding carboxylic acids is 1. The van der Waals surface area contributed by atoms with Gasteiger partial charge in [0.2, 0.25) is 0 Å². The number of hydrogen-bond donors (Lipinski definition) is 1. The van der Waals surface area contributed by atoms with Gasteiger partial charge in [-0.15, -0.1) is 0 Å². The van der Waals surface area contributed by atoms with Crippen molar-refractivity contribution in [2.24, 2.45) is 0 Å². The molecule has 1 N–H and O–H groups in total. The summed E-state index contributed by atoms with van der Waals surface area (Å²) < 4.78 is 37.2. The van der Waals surface area contributed by atoms with E-state index in [1.165, 1.54) is 25.1 Å². The second-order valence-corrected chi connectivity index (χ2v) is 4.49. The molecule has 0 unspecified atom stereocenters. The molecule has 0 aromatic heterocycles. The van der Waals surface area contributed by atoms with Gasteiger partial charge in [0, 0.05) is 10.6 Å². The highest BCUT2D eigenvalue weighted by Gasteiger charge is 2.34. The molecule has 0 bridgehead atoms. The Kier molecular flexibility index (Phi) is 4.99. The van der Waals surface area contributed by atoms with E-state index in [0.29, 0.717) is 5.56 Å². The minimum atomic E-state index is -4.68. The van der Waals surface area contributed by atoms with Crippen LogP contribution < -0.4 is 0 Å². The van der Waals surface area contributed by atoms with E-state index in [9.17, 15) is 22.8 Å². The number of benzene rings is 1. The second-order valence-electron chi connectivity index (χ2n) is 4.08. The fraction of sp³-hybridized carbons (Fsp3) is 0.333. The summed E-state index contributed by atoms with van der Waals surface area (Å²) in [4.78, 5) is 22.9. The van der Waals surface area contributed by atoms with Gasteiger partial charge in [-0.25, -0.2) is 0 Å². The smallest absolute Gasteiger partial charge is 0.406 e. The van der Waals surface area contributed by atoms with Crippen LogP contribution in [0.5, 0.6) is 0 Å². The number of amides is 1. The molecule has 0 aliphatic carbocycles. The maximum Gasteiger partial charge on any atom is 0.406 e. The van der Waals surface area contributed by atoms with Crippen molar-refractivity contribution in [2.75, 3.05) is 13.1 Å². The monoisotopic (exact) mass is 309 g/mol. The van der Waals surface area contributed by atoms with Crippen molar-refractivity contribution in [1.82, 2.24) is 4.90 Å². The number of carboxylic acid groups (broad SMARTS) is 1. The first-order valence-corrected chi connectivity index (χ1v) is 5.82. The van der Waals surface area contributed by atoms with E-state index in [1.54, 1.807) is 0 Å². The zero-order valence-electron chi connectivity index (χ0n) is 10.4. The van der Waals surface area contributed by atoms with E-state index < -0.39 is 31.1 Å². The summed E-state index contributed by atoms with van der Waals surface area (Å²) in [5.41, 5.74) is 0.250. The molecule has 0 aliphatic heterocycles. The Hall–Kier alpha value is -1.76. The van der Waals surface area contributed by atoms with Crippen molar-refractivity contribution in [3.8, 4) is 0 Å². The van der Waals surface area contributed by atoms with E-state index in [1.807, 2.05) is 0 Å². The third-order valence-corrected chi connectivity index (χ3v) is 2.89. The van der Waals surface area contributed by atoms with Gasteiger partial charge < -0.3 is 10.0 Å². The van der Waals surface area contributed by atoms with Crippen LogP contribution in [0.1, 0.15) is 15.9 Å². The van der Waals surface area contributed by atoms with Crippen LogP contribution in [-0.2, 0) is 4.79 Å². The lowest BCUT2D eigenvalue weighted by Gasteiger charge is -2.23. The first-order valence-electron chi connectivity index (χ1n) is 5.44. The number of nitrogens with zero attached hydrogens (tertiary/aromatic N) is 1. The van der Waals surface area contributed by atoms with E-state index in [2.05, 4.69) is 0 Å². The van der Waals surface area contributed by atoms with E-state index in [4.69, 9.17) is 16.7 Å². The molecule has 0 heterocycles. The molecular weight excluding hydrogens is 299 g/mol. The summed E-state index contributed by atoms with van der Waals surface area (Å²) in [5, 5.41) is 8.83. The molecule has 110 valence electrons. The van der Waals surface area contributed by atoms with Gasteiger partial charge in [0.15, 0.2) is 0 Å². The fourth-order valence-electron chi connectivity index (χ4n) is 1.59. The summed E-state index contributed by atoms with van der Waals surface area (Å²) in [6, 6.07) is 4.20. The van der Waals surface area contributed by atoms with Gasteiger partial charge in [0.25, 0.3) is 5.91 Å². The van der Waals surface area contributed by atoms with Gasteiger partial charge in [-0.2, -0.15) is 13.2 Å². The van der Waals surface area contributed by atoms with E-state index >= 15 is 0 Å². The van der Waals surface area contributed by atoms with Crippen LogP contribution in [0.3, 0.4) is 0 Å². The minimum absolute atomic E-state index is 0.0528. The molecule has 0 aliphatic rings. The van der Waals surface area contributed by atoms with Crippen molar-refractivity contribution < 1.29 is 27.9 Å². The molecule has 0 fully saturated rings. The average molecular weight is 310 g/mol. The summed E-state index contributed by atoms with van der Waals surface area (Å²) in [7, 11) is 0. The lowest BCUT2D eigenvalue weighted by Crippen LogP contribution is -2.42. The zero-order chi connectivity index (χ0) is 15.5. The summed E-state index contributed by atoms with van der Waals surface area (Å²) in [6.07, 6.45) is -4.68. The minimum Gasteiger partial charge on any atom is -0.480 e. The van der Waals surface area contributed by atoms with Crippen LogP contribution in [0, 0.1) is 6.92 Å². The normalized spacial score (nSPS) is 11.2. The van der Waals surface area contributed by atoms with Crippen molar-refractivity contribution in [1.29, 1.82) is 0 Å². The van der Waals surface area contributed by atoms with Crippen molar-refractivity contribution in [3.63, 3.8) is 0 Å². The number of carboxylic acids is 1. The molecule has 0 spiro atoms. The van der Waals surface area contributed by atoms with Crippen molar-refractivity contribution >= 4 is 23.5 Å². The average Bonchev–Trinajstić information content (AvgIpc) is 2.28. The van der Waals surface area contributed by atoms with Gasteiger partial charge in [-0.1, -0.05) is 17.7 Å². The Morgan fingerprint density at radius 1 is 1.35 bits per heavy atom. The molecule has 0 saturated carbocycles. The van der Waals surface area contributed by atoms with Gasteiger partial charge >= 0.3 is 12.1 Å². The van der Waals surface area contributed by atoms with Crippen LogP contribution in [0.2, 0.25) is 5.02 Å². The van der Waals surface area contributed by atoms with E-state index in [0.717, 1.165) is 0 Å². The Bertz CT molecular complexity index is 531. The van der Waals surface area contributed by atoms with Gasteiger partial charge in [0.05, 0.1) is 0 Å². The maximum absolute atomic E-state index is 12.4. The van der Waals surface area contributed by atoms with Gasteiger partial charge in [-0.3, -0.25) is 9.59 Å². The molecule has 0 saturated heterocycles. The van der Waals surface area contributed by atoms with Crippen LogP contribution in [0.25, 0.3) is 0 Å². The van der Waals surface area contributed by atoms with Crippen LogP contribution >= 0.6 is 11.6 Å². The van der Waals surface area contributed by atoms with E-state index in [-0.39, 0.29) is 15.5 Å². The third kappa shape index (κ3) is 4.41. The predicted molar refractivity (Wildman–Crippen MR) is 65.8 cm³/mol. The highest BCUT2D eigenvalue weighted by molar-refractivity contribution is 6.31. The van der Waals surface area contributed by atoms with Crippen LogP contribution in [0.15, 0.2) is 18.2 Å². The molecule has 1 aromatic rings. The molecule has 1 amide bonds. The molecular formula is C12H11ClF3NO3.